The minimum Gasteiger partial charge on any atom is -0.480 e. The summed E-state index contributed by atoms with van der Waals surface area (Å²) in [6.45, 7) is 4.70. The summed E-state index contributed by atoms with van der Waals surface area (Å²) in [7, 11) is 0. The largest absolute Gasteiger partial charge is 0.480 e. The van der Waals surface area contributed by atoms with Crippen LogP contribution in [-0.4, -0.2) is 34.1 Å². The molecule has 3 nitrogen and oxygen atoms in total. The molecule has 20 heavy (non-hydrogen) atoms. The fourth-order valence-electron chi connectivity index (χ4n) is 5.04. The van der Waals surface area contributed by atoms with Gasteiger partial charge in [0.25, 0.3) is 0 Å². The molecule has 3 fully saturated rings. The van der Waals surface area contributed by atoms with Crippen LogP contribution in [0.15, 0.2) is 0 Å². The number of likely N-dealkylation sites (tertiary alicyclic amines) is 1. The minimum atomic E-state index is -0.578. The van der Waals surface area contributed by atoms with E-state index in [9.17, 15) is 9.90 Å². The maximum atomic E-state index is 11.7. The molecular formula is C17H29NO2. The van der Waals surface area contributed by atoms with Crippen molar-refractivity contribution in [1.29, 1.82) is 0 Å². The van der Waals surface area contributed by atoms with Gasteiger partial charge in [0.2, 0.25) is 0 Å². The molecule has 0 radical (unpaired) electrons. The molecule has 6 atom stereocenters. The SMILES string of the molecule is CC1CCC(N2C(C(=O)O)CC3CCCCC32)CC1C. The van der Waals surface area contributed by atoms with Crippen LogP contribution < -0.4 is 0 Å². The molecule has 3 aliphatic rings. The average molecular weight is 279 g/mol. The molecule has 0 aromatic heterocycles. The van der Waals surface area contributed by atoms with Gasteiger partial charge in [-0.1, -0.05) is 26.7 Å². The zero-order chi connectivity index (χ0) is 14.3. The number of fused-ring (bicyclic) bond motifs is 1. The summed E-state index contributed by atoms with van der Waals surface area (Å²) in [5, 5.41) is 9.64. The molecular weight excluding hydrogens is 250 g/mol. The molecule has 0 bridgehead atoms. The van der Waals surface area contributed by atoms with E-state index >= 15 is 0 Å². The van der Waals surface area contributed by atoms with E-state index < -0.39 is 5.97 Å². The molecule has 114 valence electrons. The van der Waals surface area contributed by atoms with Crippen LogP contribution in [0.1, 0.15) is 65.2 Å². The fraction of sp³-hybridized carbons (Fsp3) is 0.941. The third-order valence-corrected chi connectivity index (χ3v) is 6.42. The second-order valence-electron chi connectivity index (χ2n) is 7.57. The van der Waals surface area contributed by atoms with Gasteiger partial charge in [0, 0.05) is 12.1 Å². The Morgan fingerprint density at radius 2 is 1.75 bits per heavy atom. The molecule has 6 unspecified atom stereocenters. The predicted octanol–water partition coefficient (Wildman–Crippen LogP) is 3.53. The van der Waals surface area contributed by atoms with Crippen molar-refractivity contribution in [1.82, 2.24) is 4.90 Å². The van der Waals surface area contributed by atoms with E-state index in [0.29, 0.717) is 18.0 Å². The lowest BCUT2D eigenvalue weighted by atomic mass is 9.77. The number of carbonyl (C=O) groups is 1. The van der Waals surface area contributed by atoms with E-state index in [1.807, 2.05) is 0 Å². The Balaban J connectivity index is 1.78. The van der Waals surface area contributed by atoms with Crippen molar-refractivity contribution in [2.24, 2.45) is 17.8 Å². The Kier molecular flexibility index (Phi) is 4.07. The summed E-state index contributed by atoms with van der Waals surface area (Å²) in [6, 6.07) is 0.888. The van der Waals surface area contributed by atoms with E-state index in [2.05, 4.69) is 18.7 Å². The standard InChI is InChI=1S/C17H29NO2/c1-11-7-8-14(9-12(11)2)18-15-6-4-3-5-13(15)10-16(18)17(19)20/h11-16H,3-10H2,1-2H3,(H,19,20). The number of hydrogen-bond donors (Lipinski definition) is 1. The normalized spacial score (nSPS) is 46.1. The predicted molar refractivity (Wildman–Crippen MR) is 79.6 cm³/mol. The maximum Gasteiger partial charge on any atom is 0.320 e. The molecule has 3 rings (SSSR count). The minimum absolute atomic E-state index is 0.200. The summed E-state index contributed by atoms with van der Waals surface area (Å²) in [4.78, 5) is 14.2. The van der Waals surface area contributed by atoms with Crippen LogP contribution in [0.5, 0.6) is 0 Å². The molecule has 0 spiro atoms. The average Bonchev–Trinajstić information content (AvgIpc) is 2.81. The van der Waals surface area contributed by atoms with Crippen molar-refractivity contribution in [2.75, 3.05) is 0 Å². The molecule has 2 saturated carbocycles. The van der Waals surface area contributed by atoms with Crippen LogP contribution in [0.25, 0.3) is 0 Å². The van der Waals surface area contributed by atoms with Crippen molar-refractivity contribution in [3.63, 3.8) is 0 Å². The van der Waals surface area contributed by atoms with Crippen LogP contribution in [0.4, 0.5) is 0 Å². The van der Waals surface area contributed by atoms with Gasteiger partial charge in [-0.3, -0.25) is 9.69 Å². The molecule has 1 heterocycles. The molecule has 1 N–H and O–H groups in total. The summed E-state index contributed by atoms with van der Waals surface area (Å²) >= 11 is 0. The second kappa shape index (κ2) is 5.67. The molecule has 2 aliphatic carbocycles. The Labute approximate surface area is 122 Å². The molecule has 0 aromatic carbocycles. The lowest BCUT2D eigenvalue weighted by molar-refractivity contribution is -0.144. The first-order chi connectivity index (χ1) is 9.58. The van der Waals surface area contributed by atoms with E-state index in [1.165, 1.54) is 44.9 Å². The third kappa shape index (κ3) is 2.49. The van der Waals surface area contributed by atoms with Crippen LogP contribution in [0, 0.1) is 17.8 Å². The highest BCUT2D eigenvalue weighted by Crippen LogP contribution is 2.44. The topological polar surface area (TPSA) is 40.5 Å². The molecule has 1 aliphatic heterocycles. The zero-order valence-corrected chi connectivity index (χ0v) is 12.9. The number of carboxylic acids is 1. The van der Waals surface area contributed by atoms with Gasteiger partial charge >= 0.3 is 5.97 Å². The number of nitrogens with zero attached hydrogens (tertiary/aromatic N) is 1. The highest BCUT2D eigenvalue weighted by Gasteiger charge is 2.48. The highest BCUT2D eigenvalue weighted by atomic mass is 16.4. The Bertz CT molecular complexity index is 370. The van der Waals surface area contributed by atoms with Crippen LogP contribution in [0.2, 0.25) is 0 Å². The first kappa shape index (κ1) is 14.4. The number of carboxylic acid groups (broad SMARTS) is 1. The monoisotopic (exact) mass is 279 g/mol. The van der Waals surface area contributed by atoms with E-state index in [0.717, 1.165) is 18.3 Å². The zero-order valence-electron chi connectivity index (χ0n) is 12.9. The van der Waals surface area contributed by atoms with Crippen molar-refractivity contribution in [2.45, 2.75) is 83.3 Å². The van der Waals surface area contributed by atoms with Crippen molar-refractivity contribution >= 4 is 5.97 Å². The first-order valence-corrected chi connectivity index (χ1v) is 8.58. The van der Waals surface area contributed by atoms with Gasteiger partial charge in [-0.05, 0) is 56.3 Å². The molecule has 0 aromatic rings. The van der Waals surface area contributed by atoms with Gasteiger partial charge in [0.15, 0.2) is 0 Å². The van der Waals surface area contributed by atoms with E-state index in [1.54, 1.807) is 0 Å². The van der Waals surface area contributed by atoms with Gasteiger partial charge in [-0.15, -0.1) is 0 Å². The van der Waals surface area contributed by atoms with E-state index in [4.69, 9.17) is 0 Å². The highest BCUT2D eigenvalue weighted by molar-refractivity contribution is 5.74. The van der Waals surface area contributed by atoms with Crippen molar-refractivity contribution < 1.29 is 9.90 Å². The summed E-state index contributed by atoms with van der Waals surface area (Å²) in [5.74, 6) is 1.62. The maximum absolute atomic E-state index is 11.7. The Hall–Kier alpha value is -0.570. The smallest absolute Gasteiger partial charge is 0.320 e. The van der Waals surface area contributed by atoms with Crippen molar-refractivity contribution in [3.8, 4) is 0 Å². The summed E-state index contributed by atoms with van der Waals surface area (Å²) in [6.07, 6.45) is 9.67. The van der Waals surface area contributed by atoms with Gasteiger partial charge in [0.05, 0.1) is 0 Å². The van der Waals surface area contributed by atoms with Crippen LogP contribution >= 0.6 is 0 Å². The lowest BCUT2D eigenvalue weighted by Gasteiger charge is -2.43. The third-order valence-electron chi connectivity index (χ3n) is 6.42. The first-order valence-electron chi connectivity index (χ1n) is 8.58. The van der Waals surface area contributed by atoms with Gasteiger partial charge < -0.3 is 5.11 Å². The Morgan fingerprint density at radius 3 is 2.45 bits per heavy atom. The van der Waals surface area contributed by atoms with E-state index in [-0.39, 0.29) is 6.04 Å². The molecule has 0 amide bonds. The van der Waals surface area contributed by atoms with Crippen LogP contribution in [0.3, 0.4) is 0 Å². The summed E-state index contributed by atoms with van der Waals surface area (Å²) in [5.41, 5.74) is 0. The van der Waals surface area contributed by atoms with Gasteiger partial charge in [-0.25, -0.2) is 0 Å². The van der Waals surface area contributed by atoms with Gasteiger partial charge in [-0.2, -0.15) is 0 Å². The molecule has 3 heteroatoms. The summed E-state index contributed by atoms with van der Waals surface area (Å²) < 4.78 is 0. The lowest BCUT2D eigenvalue weighted by Crippen LogP contribution is -2.50. The molecule has 1 saturated heterocycles. The Morgan fingerprint density at radius 1 is 1.00 bits per heavy atom. The van der Waals surface area contributed by atoms with Gasteiger partial charge in [0.1, 0.15) is 6.04 Å². The number of rotatable bonds is 2. The quantitative estimate of drug-likeness (QED) is 0.840. The number of hydrogen-bond acceptors (Lipinski definition) is 2. The van der Waals surface area contributed by atoms with Crippen LogP contribution in [-0.2, 0) is 4.79 Å². The van der Waals surface area contributed by atoms with Crippen molar-refractivity contribution in [3.05, 3.63) is 0 Å². The fourth-order valence-corrected chi connectivity index (χ4v) is 5.04. The second-order valence-corrected chi connectivity index (χ2v) is 7.57. The number of aliphatic carboxylic acids is 1.